The highest BCUT2D eigenvalue weighted by molar-refractivity contribution is 5.99. The maximum absolute atomic E-state index is 13.1. The molecule has 0 fully saturated rings. The molecule has 7 heteroatoms. The van der Waals surface area contributed by atoms with E-state index in [-0.39, 0.29) is 12.5 Å². The molecule has 1 amide bonds. The van der Waals surface area contributed by atoms with Crippen molar-refractivity contribution in [2.24, 2.45) is 0 Å². The average molecular weight is 435 g/mol. The van der Waals surface area contributed by atoms with Crippen LogP contribution in [0.15, 0.2) is 95.6 Å². The van der Waals surface area contributed by atoms with E-state index in [2.05, 4.69) is 15.5 Å². The molecule has 2 heterocycles. The van der Waals surface area contributed by atoms with Crippen LogP contribution >= 0.6 is 0 Å². The molecule has 0 spiro atoms. The van der Waals surface area contributed by atoms with Gasteiger partial charge in [0.2, 0.25) is 0 Å². The van der Waals surface area contributed by atoms with Crippen LogP contribution in [0, 0.1) is 6.92 Å². The molecule has 0 bridgehead atoms. The molecule has 5 aromatic rings. The largest absolute Gasteiger partial charge is 0.344 e. The van der Waals surface area contributed by atoms with Gasteiger partial charge in [-0.25, -0.2) is 4.68 Å². The van der Waals surface area contributed by atoms with E-state index >= 15 is 0 Å². The topological polar surface area (TPSA) is 85.8 Å². The van der Waals surface area contributed by atoms with Crippen molar-refractivity contribution in [2.45, 2.75) is 13.5 Å². The van der Waals surface area contributed by atoms with Crippen LogP contribution in [0.1, 0.15) is 21.7 Å². The van der Waals surface area contributed by atoms with Gasteiger partial charge in [0.15, 0.2) is 5.82 Å². The summed E-state index contributed by atoms with van der Waals surface area (Å²) < 4.78 is 7.05. The predicted molar refractivity (Wildman–Crippen MR) is 125 cm³/mol. The summed E-state index contributed by atoms with van der Waals surface area (Å²) in [6, 6.07) is 27.1. The molecular formula is C26H21N5O2. The Balaban J connectivity index is 1.40. The first-order valence-corrected chi connectivity index (χ1v) is 10.6. The summed E-state index contributed by atoms with van der Waals surface area (Å²) in [5, 5.41) is 11.6. The molecule has 0 aliphatic carbocycles. The molecular weight excluding hydrogens is 414 g/mol. The van der Waals surface area contributed by atoms with E-state index in [4.69, 9.17) is 9.62 Å². The summed E-state index contributed by atoms with van der Waals surface area (Å²) in [6.07, 6.45) is 1.74. The van der Waals surface area contributed by atoms with E-state index in [1.165, 1.54) is 0 Å². The zero-order chi connectivity index (χ0) is 22.6. The second kappa shape index (κ2) is 8.92. The maximum atomic E-state index is 13.1. The Kier molecular flexibility index (Phi) is 5.51. The van der Waals surface area contributed by atoms with E-state index < -0.39 is 0 Å². The highest BCUT2D eigenvalue weighted by Gasteiger charge is 2.19. The summed E-state index contributed by atoms with van der Waals surface area (Å²) in [5.41, 5.74) is 4.79. The van der Waals surface area contributed by atoms with Crippen LogP contribution in [0.3, 0.4) is 0 Å². The Labute approximate surface area is 190 Å². The Morgan fingerprint density at radius 2 is 1.58 bits per heavy atom. The lowest BCUT2D eigenvalue weighted by molar-refractivity contribution is 0.0950. The number of benzene rings is 3. The predicted octanol–water partition coefficient (Wildman–Crippen LogP) is 4.83. The lowest BCUT2D eigenvalue weighted by Gasteiger charge is -2.03. The minimum atomic E-state index is -0.265. The van der Waals surface area contributed by atoms with Crippen molar-refractivity contribution in [1.82, 2.24) is 25.2 Å². The van der Waals surface area contributed by atoms with Crippen molar-refractivity contribution >= 4 is 5.91 Å². The van der Waals surface area contributed by atoms with Gasteiger partial charge in [-0.1, -0.05) is 71.4 Å². The SMILES string of the molecule is Cc1ccc(-n2cc(C(=O)NCc3noc(-c4ccccc4)n3)c(-c3ccccc3)n2)cc1. The van der Waals surface area contributed by atoms with E-state index in [1.54, 1.807) is 10.9 Å². The van der Waals surface area contributed by atoms with E-state index in [1.807, 2.05) is 91.9 Å². The summed E-state index contributed by atoms with van der Waals surface area (Å²) in [6.45, 7) is 2.17. The third-order valence-electron chi connectivity index (χ3n) is 5.20. The Morgan fingerprint density at radius 3 is 2.27 bits per heavy atom. The molecule has 33 heavy (non-hydrogen) atoms. The van der Waals surface area contributed by atoms with Gasteiger partial charge in [-0.05, 0) is 31.2 Å². The fourth-order valence-corrected chi connectivity index (χ4v) is 3.46. The zero-order valence-electron chi connectivity index (χ0n) is 18.0. The number of nitrogens with zero attached hydrogens (tertiary/aromatic N) is 4. The second-order valence-corrected chi connectivity index (χ2v) is 7.60. The lowest BCUT2D eigenvalue weighted by Crippen LogP contribution is -2.23. The first kappa shape index (κ1) is 20.4. The molecule has 0 radical (unpaired) electrons. The molecule has 1 N–H and O–H groups in total. The number of aromatic nitrogens is 4. The van der Waals surface area contributed by atoms with Crippen molar-refractivity contribution in [3.05, 3.63) is 108 Å². The molecule has 3 aromatic carbocycles. The molecule has 0 aliphatic heterocycles. The van der Waals surface area contributed by atoms with Gasteiger partial charge in [-0.2, -0.15) is 10.1 Å². The van der Waals surface area contributed by atoms with Gasteiger partial charge in [0.1, 0.15) is 5.69 Å². The second-order valence-electron chi connectivity index (χ2n) is 7.60. The first-order chi connectivity index (χ1) is 16.2. The number of rotatable bonds is 6. The van der Waals surface area contributed by atoms with Gasteiger partial charge >= 0.3 is 0 Å². The molecule has 0 aliphatic rings. The molecule has 2 aromatic heterocycles. The van der Waals surface area contributed by atoms with Crippen molar-refractivity contribution in [2.75, 3.05) is 0 Å². The number of carbonyl (C=O) groups excluding carboxylic acids is 1. The van der Waals surface area contributed by atoms with E-state index in [9.17, 15) is 4.79 Å². The molecule has 0 saturated carbocycles. The summed E-state index contributed by atoms with van der Waals surface area (Å²) in [4.78, 5) is 17.5. The van der Waals surface area contributed by atoms with Crippen LogP contribution in [0.4, 0.5) is 0 Å². The number of amides is 1. The van der Waals surface area contributed by atoms with Crippen LogP contribution < -0.4 is 5.32 Å². The number of carbonyl (C=O) groups is 1. The monoisotopic (exact) mass is 435 g/mol. The normalized spacial score (nSPS) is 10.8. The highest BCUT2D eigenvalue weighted by atomic mass is 16.5. The highest BCUT2D eigenvalue weighted by Crippen LogP contribution is 2.24. The van der Waals surface area contributed by atoms with Crippen LogP contribution in [0.5, 0.6) is 0 Å². The van der Waals surface area contributed by atoms with Crippen molar-refractivity contribution in [1.29, 1.82) is 0 Å². The first-order valence-electron chi connectivity index (χ1n) is 10.6. The molecule has 0 saturated heterocycles. The smallest absolute Gasteiger partial charge is 0.257 e. The van der Waals surface area contributed by atoms with Crippen molar-refractivity contribution < 1.29 is 9.32 Å². The number of hydrogen-bond donors (Lipinski definition) is 1. The third kappa shape index (κ3) is 4.43. The Bertz CT molecular complexity index is 1370. The fourth-order valence-electron chi connectivity index (χ4n) is 3.46. The maximum Gasteiger partial charge on any atom is 0.257 e. The van der Waals surface area contributed by atoms with Gasteiger partial charge in [0, 0.05) is 17.3 Å². The van der Waals surface area contributed by atoms with Gasteiger partial charge < -0.3 is 9.84 Å². The quantitative estimate of drug-likeness (QED) is 0.413. The van der Waals surface area contributed by atoms with Crippen LogP contribution in [0.2, 0.25) is 0 Å². The van der Waals surface area contributed by atoms with Crippen molar-refractivity contribution in [3.63, 3.8) is 0 Å². The van der Waals surface area contributed by atoms with Crippen molar-refractivity contribution in [3.8, 4) is 28.4 Å². The van der Waals surface area contributed by atoms with E-state index in [0.29, 0.717) is 23.0 Å². The molecule has 162 valence electrons. The molecule has 7 nitrogen and oxygen atoms in total. The zero-order valence-corrected chi connectivity index (χ0v) is 18.0. The van der Waals surface area contributed by atoms with Gasteiger partial charge in [0.05, 0.1) is 17.8 Å². The third-order valence-corrected chi connectivity index (χ3v) is 5.20. The van der Waals surface area contributed by atoms with E-state index in [0.717, 1.165) is 22.4 Å². The summed E-state index contributed by atoms with van der Waals surface area (Å²) in [5.74, 6) is 0.546. The number of nitrogens with one attached hydrogen (secondary N) is 1. The van der Waals surface area contributed by atoms with Crippen LogP contribution in [-0.2, 0) is 6.54 Å². The fraction of sp³-hybridized carbons (Fsp3) is 0.0769. The van der Waals surface area contributed by atoms with Crippen LogP contribution in [0.25, 0.3) is 28.4 Å². The Morgan fingerprint density at radius 1 is 0.909 bits per heavy atom. The number of aryl methyl sites for hydroxylation is 1. The molecule has 5 rings (SSSR count). The van der Waals surface area contributed by atoms with Crippen LogP contribution in [-0.4, -0.2) is 25.8 Å². The standard InChI is InChI=1S/C26H21N5O2/c1-18-12-14-21(15-13-18)31-17-22(24(29-31)19-8-4-2-5-9-19)25(32)27-16-23-28-26(33-30-23)20-10-6-3-7-11-20/h2-15,17H,16H2,1H3,(H,27,32). The van der Waals surface area contributed by atoms with Gasteiger partial charge in [-0.3, -0.25) is 4.79 Å². The average Bonchev–Trinajstić information content (AvgIpc) is 3.52. The molecule has 0 atom stereocenters. The summed E-state index contributed by atoms with van der Waals surface area (Å²) in [7, 11) is 0. The number of hydrogen-bond acceptors (Lipinski definition) is 5. The van der Waals surface area contributed by atoms with Gasteiger partial charge in [0.25, 0.3) is 11.8 Å². The minimum absolute atomic E-state index is 0.138. The summed E-state index contributed by atoms with van der Waals surface area (Å²) >= 11 is 0. The molecule has 0 unspecified atom stereocenters. The lowest BCUT2D eigenvalue weighted by atomic mass is 10.1. The Hall–Kier alpha value is -4.52. The minimum Gasteiger partial charge on any atom is -0.344 e. The van der Waals surface area contributed by atoms with Gasteiger partial charge in [-0.15, -0.1) is 0 Å².